The Kier molecular flexibility index (Phi) is 26.9. The number of carbonyl (C=O) groups is 10. The second kappa shape index (κ2) is 34.1. The molecule has 4 aromatic rings. The lowest BCUT2D eigenvalue weighted by atomic mass is 10.0. The number of pyridine rings is 1. The van der Waals surface area contributed by atoms with Crippen molar-refractivity contribution in [1.29, 1.82) is 0 Å². The highest BCUT2D eigenvalue weighted by atomic mass is 32.1. The standard InChI is InChI=1S/C55H71N13O17S/c1-32(48(77)61-40(22-38-24-56-31-57-38)51(80)63-42(29-69)52(81)62-39(21-34-7-3-2-4-8-34)50(79)64-43(30-70)53(82)83)58-49(78)41(23-45(71)72)65-55(86)60-35-15-13-33(14-16-35)9-5-12-44(54(84)85)68-20-19-66(27-46(73)74)17-18-67(28-47(75)76)25-36-10-6-11-37(26-68)59-36/h2-4,6-8,10-11,13-16,24,31-32,39-44,69-70H,5,9,12,17-23,25-30H2,1H3,(H,56,57)(H,58,78)(H,61,77)(H,62,81)(H,63,80)(H,64,79)(H,71,72)(H,73,74)(H,75,76)(H,82,83)(H,84,85)(H2,60,65,86)/t32-,39-,40-,41-,42-,43-,44?/m0/s1. The molecule has 15 N–H and O–H groups in total. The Morgan fingerprint density at radius 2 is 1.15 bits per heavy atom. The van der Waals surface area contributed by atoms with Crippen LogP contribution >= 0.6 is 12.2 Å². The van der Waals surface area contributed by atoms with Crippen molar-refractivity contribution in [2.75, 3.05) is 57.8 Å². The molecule has 30 nitrogen and oxygen atoms in total. The number of nitrogens with zero attached hydrogens (tertiary/aromatic N) is 5. The van der Waals surface area contributed by atoms with Gasteiger partial charge in [0.25, 0.3) is 0 Å². The summed E-state index contributed by atoms with van der Waals surface area (Å²) in [7, 11) is 0. The third kappa shape index (κ3) is 22.9. The first-order chi connectivity index (χ1) is 41.0. The molecule has 0 saturated carbocycles. The number of aliphatic hydroxyl groups excluding tert-OH is 2. The van der Waals surface area contributed by atoms with Gasteiger partial charge in [0.2, 0.25) is 29.5 Å². The van der Waals surface area contributed by atoms with E-state index in [1.807, 2.05) is 0 Å². The van der Waals surface area contributed by atoms with Crippen molar-refractivity contribution in [3.63, 3.8) is 0 Å². The van der Waals surface area contributed by atoms with Gasteiger partial charge in [-0.05, 0) is 73.8 Å². The van der Waals surface area contributed by atoms with Gasteiger partial charge in [0, 0.05) is 69.7 Å². The molecule has 1 aliphatic rings. The van der Waals surface area contributed by atoms with E-state index in [-0.39, 0.29) is 76.7 Å². The van der Waals surface area contributed by atoms with E-state index < -0.39 is 121 Å². The number of thiocarbonyl (C=S) groups is 1. The van der Waals surface area contributed by atoms with E-state index in [1.54, 1.807) is 87.5 Å². The number of aromatic amines is 1. The molecule has 31 heteroatoms. The van der Waals surface area contributed by atoms with Gasteiger partial charge in [0.15, 0.2) is 5.11 Å². The lowest BCUT2D eigenvalue weighted by molar-refractivity contribution is -0.145. The molecule has 1 unspecified atom stereocenters. The first-order valence-corrected chi connectivity index (χ1v) is 27.6. The summed E-state index contributed by atoms with van der Waals surface area (Å²) in [6.45, 7) is -0.191. The average Bonchev–Trinajstić information content (AvgIpc) is 3.80. The van der Waals surface area contributed by atoms with Crippen LogP contribution in [0.4, 0.5) is 5.69 Å². The van der Waals surface area contributed by atoms with Gasteiger partial charge in [-0.15, -0.1) is 0 Å². The fraction of sp³-hybridized carbons (Fsp3) is 0.436. The Balaban J connectivity index is 1.18. The predicted octanol–water partition coefficient (Wildman–Crippen LogP) is -2.50. The summed E-state index contributed by atoms with van der Waals surface area (Å²) in [4.78, 5) is 144. The van der Waals surface area contributed by atoms with Crippen LogP contribution in [0.1, 0.15) is 54.4 Å². The van der Waals surface area contributed by atoms with Crippen LogP contribution in [0.5, 0.6) is 0 Å². The fourth-order valence-corrected chi connectivity index (χ4v) is 9.35. The minimum Gasteiger partial charge on any atom is -0.481 e. The predicted molar refractivity (Wildman–Crippen MR) is 307 cm³/mol. The summed E-state index contributed by atoms with van der Waals surface area (Å²) in [5, 5.41) is 85.5. The summed E-state index contributed by atoms with van der Waals surface area (Å²) in [5.41, 5.74) is 3.25. The van der Waals surface area contributed by atoms with Crippen LogP contribution in [0.3, 0.4) is 0 Å². The molecule has 5 rings (SSSR count). The van der Waals surface area contributed by atoms with Crippen LogP contribution < -0.4 is 37.2 Å². The van der Waals surface area contributed by atoms with Crippen LogP contribution in [0, 0.1) is 0 Å². The Labute approximate surface area is 498 Å². The lowest BCUT2D eigenvalue weighted by Crippen LogP contribution is -2.60. The van der Waals surface area contributed by atoms with E-state index in [4.69, 9.17) is 12.2 Å². The van der Waals surface area contributed by atoms with Crippen molar-refractivity contribution in [1.82, 2.24) is 61.6 Å². The number of benzene rings is 2. The number of aryl methyl sites for hydroxylation is 1. The number of anilines is 1. The van der Waals surface area contributed by atoms with Crippen molar-refractivity contribution in [2.24, 2.45) is 0 Å². The van der Waals surface area contributed by atoms with Gasteiger partial charge >= 0.3 is 29.8 Å². The Morgan fingerprint density at radius 3 is 1.76 bits per heavy atom. The number of H-pyrrole nitrogens is 1. The monoisotopic (exact) mass is 1220 g/mol. The van der Waals surface area contributed by atoms with E-state index >= 15 is 0 Å². The second-order valence-corrected chi connectivity index (χ2v) is 20.6. The highest BCUT2D eigenvalue weighted by Gasteiger charge is 2.34. The van der Waals surface area contributed by atoms with Crippen LogP contribution in [0.2, 0.25) is 0 Å². The topological polar surface area (TPSA) is 448 Å². The average molecular weight is 1220 g/mol. The minimum absolute atomic E-state index is 0.133. The number of carbonyl (C=O) groups excluding carboxylic acids is 5. The quantitative estimate of drug-likeness (QED) is 0.0232. The normalized spacial score (nSPS) is 15.6. The molecule has 7 atom stereocenters. The SMILES string of the molecule is C[C@H](NC(=O)[C@H](CC(=O)O)NC(=S)Nc1ccc(CCCC(C(=O)O)N2CCN(CC(=O)O)CCN(CC(=O)O)Cc3cccc(n3)C2)cc1)C(=O)N[C@@H](Cc1cnc[nH]1)C(=O)N[C@@H](CO)C(=O)N[C@@H](Cc1ccccc1)C(=O)N[C@@H](CO)C(=O)O. The van der Waals surface area contributed by atoms with Crippen LogP contribution in [0.25, 0.3) is 0 Å². The summed E-state index contributed by atoms with van der Waals surface area (Å²) < 4.78 is 0. The van der Waals surface area contributed by atoms with E-state index in [0.717, 1.165) is 5.56 Å². The number of imidazole rings is 1. The number of aliphatic carboxylic acids is 5. The Hall–Kier alpha value is -9.01. The molecule has 86 heavy (non-hydrogen) atoms. The largest absolute Gasteiger partial charge is 0.481 e. The number of aromatic nitrogens is 3. The molecule has 3 heterocycles. The highest BCUT2D eigenvalue weighted by molar-refractivity contribution is 7.80. The number of amides is 5. The number of carboxylic acid groups (broad SMARTS) is 5. The highest BCUT2D eigenvalue weighted by Crippen LogP contribution is 2.18. The zero-order valence-electron chi connectivity index (χ0n) is 46.8. The van der Waals surface area contributed by atoms with Gasteiger partial charge in [-0.1, -0.05) is 48.5 Å². The number of carboxylic acids is 5. The van der Waals surface area contributed by atoms with Crippen LogP contribution in [0.15, 0.2) is 85.3 Å². The molecule has 0 saturated heterocycles. The number of fused-ring (bicyclic) bond motifs is 2. The van der Waals surface area contributed by atoms with Crippen molar-refractivity contribution in [3.8, 4) is 0 Å². The van der Waals surface area contributed by atoms with Gasteiger partial charge in [-0.25, -0.2) is 9.78 Å². The lowest BCUT2D eigenvalue weighted by Gasteiger charge is -2.33. The number of hydrogen-bond acceptors (Lipinski definition) is 18. The molecule has 0 aliphatic carbocycles. The zero-order chi connectivity index (χ0) is 62.9. The maximum absolute atomic E-state index is 13.8. The number of aliphatic hydroxyl groups is 2. The molecular weight excluding hydrogens is 1150 g/mol. The molecule has 0 radical (unpaired) electrons. The number of nitrogens with one attached hydrogen (secondary N) is 8. The van der Waals surface area contributed by atoms with Crippen molar-refractivity contribution >= 4 is 82.4 Å². The first kappa shape index (κ1) is 67.8. The minimum atomic E-state index is -1.74. The van der Waals surface area contributed by atoms with Crippen LogP contribution in [-0.2, 0) is 80.3 Å². The van der Waals surface area contributed by atoms with Gasteiger partial charge < -0.3 is 77.9 Å². The molecule has 0 spiro atoms. The molecule has 1 aliphatic heterocycles. The number of rotatable bonds is 31. The van der Waals surface area contributed by atoms with Crippen molar-refractivity contribution in [3.05, 3.63) is 114 Å². The molecule has 0 fully saturated rings. The van der Waals surface area contributed by atoms with Gasteiger partial charge in [0.05, 0.1) is 50.4 Å². The summed E-state index contributed by atoms with van der Waals surface area (Å²) >= 11 is 5.43. The van der Waals surface area contributed by atoms with E-state index in [9.17, 15) is 83.7 Å². The maximum Gasteiger partial charge on any atom is 0.328 e. The third-order valence-electron chi connectivity index (χ3n) is 13.5. The molecule has 2 bridgehead atoms. The molecule has 2 aromatic carbocycles. The van der Waals surface area contributed by atoms with Gasteiger partial charge in [-0.3, -0.25) is 62.8 Å². The zero-order valence-corrected chi connectivity index (χ0v) is 47.6. The molecule has 2 aromatic heterocycles. The summed E-state index contributed by atoms with van der Waals surface area (Å²) in [5.74, 6) is -11.2. The first-order valence-electron chi connectivity index (χ1n) is 27.2. The van der Waals surface area contributed by atoms with E-state index in [0.29, 0.717) is 41.2 Å². The van der Waals surface area contributed by atoms with E-state index in [2.05, 4.69) is 52.2 Å². The molecule has 464 valence electrons. The van der Waals surface area contributed by atoms with Gasteiger partial charge in [-0.2, -0.15) is 0 Å². The molecule has 5 amide bonds. The summed E-state index contributed by atoms with van der Waals surface area (Å²) in [6, 6.07) is 9.95. The Morgan fingerprint density at radius 1 is 0.581 bits per heavy atom. The Bertz CT molecular complexity index is 2980. The second-order valence-electron chi connectivity index (χ2n) is 20.2. The summed E-state index contributed by atoms with van der Waals surface area (Å²) in [6.07, 6.45) is 2.47. The maximum atomic E-state index is 13.8. The van der Waals surface area contributed by atoms with Crippen molar-refractivity contribution < 1.29 is 83.7 Å². The molecular formula is C55H71N13O17S. The number of hydrogen-bond donors (Lipinski definition) is 15. The smallest absolute Gasteiger partial charge is 0.328 e. The van der Waals surface area contributed by atoms with E-state index in [1.165, 1.54) is 19.4 Å². The van der Waals surface area contributed by atoms with Crippen LogP contribution in [-0.4, -0.2) is 225 Å². The van der Waals surface area contributed by atoms with Crippen molar-refractivity contribution in [2.45, 2.75) is 101 Å². The van der Waals surface area contributed by atoms with Gasteiger partial charge in [0.1, 0.15) is 42.3 Å². The fourth-order valence-electron chi connectivity index (χ4n) is 9.09. The third-order valence-corrected chi connectivity index (χ3v) is 13.8.